The number of hydroxylamine groups is 1. The predicted molar refractivity (Wildman–Crippen MR) is 89.6 cm³/mol. The Labute approximate surface area is 138 Å². The van der Waals surface area contributed by atoms with Crippen molar-refractivity contribution in [2.24, 2.45) is 0 Å². The number of benzene rings is 2. The molecule has 0 spiro atoms. The van der Waals surface area contributed by atoms with Gasteiger partial charge in [0.15, 0.2) is 0 Å². The number of para-hydroxylation sites is 1. The van der Waals surface area contributed by atoms with Gasteiger partial charge in [-0.2, -0.15) is 0 Å². The molecule has 3 aromatic rings. The summed E-state index contributed by atoms with van der Waals surface area (Å²) >= 11 is 0. The minimum absolute atomic E-state index is 0.115. The zero-order valence-electron chi connectivity index (χ0n) is 13.1. The second-order valence-electron chi connectivity index (χ2n) is 5.51. The molecular weight excluding hydrogens is 306 g/mol. The molecule has 1 amide bonds. The fourth-order valence-electron chi connectivity index (χ4n) is 2.64. The minimum Gasteiger partial charge on any atom is -0.295 e. The summed E-state index contributed by atoms with van der Waals surface area (Å²) in [5.41, 5.74) is 4.84. The van der Waals surface area contributed by atoms with Crippen LogP contribution in [0, 0.1) is 6.92 Å². The van der Waals surface area contributed by atoms with Crippen molar-refractivity contribution in [2.75, 3.05) is 0 Å². The largest absolute Gasteiger partial charge is 0.295 e. The van der Waals surface area contributed by atoms with Gasteiger partial charge in [-0.05, 0) is 36.8 Å². The number of nitrogens with one attached hydrogen (secondary N) is 2. The third-order valence-corrected chi connectivity index (χ3v) is 3.88. The molecule has 6 nitrogen and oxygen atoms in total. The highest BCUT2D eigenvalue weighted by molar-refractivity contribution is 5.93. The van der Waals surface area contributed by atoms with Gasteiger partial charge in [0.25, 0.3) is 11.5 Å². The SMILES string of the molecule is Cc1[nH]n(-c2ccccc2)c(=O)c1Cc1cccc(C(=O)NO)c1. The van der Waals surface area contributed by atoms with Crippen molar-refractivity contribution in [2.45, 2.75) is 13.3 Å². The number of aromatic amines is 1. The van der Waals surface area contributed by atoms with E-state index in [1.165, 1.54) is 4.68 Å². The minimum atomic E-state index is -0.579. The molecule has 3 rings (SSSR count). The Morgan fingerprint density at radius 1 is 1.17 bits per heavy atom. The number of aryl methyl sites for hydroxylation is 1. The van der Waals surface area contributed by atoms with Crippen LogP contribution in [0.1, 0.15) is 27.2 Å². The van der Waals surface area contributed by atoms with Crippen molar-refractivity contribution in [1.29, 1.82) is 0 Å². The van der Waals surface area contributed by atoms with E-state index in [9.17, 15) is 9.59 Å². The lowest BCUT2D eigenvalue weighted by Gasteiger charge is -2.03. The van der Waals surface area contributed by atoms with Crippen LogP contribution in [-0.4, -0.2) is 20.9 Å². The normalized spacial score (nSPS) is 10.6. The molecule has 3 N–H and O–H groups in total. The Bertz CT molecular complexity index is 926. The van der Waals surface area contributed by atoms with E-state index in [0.29, 0.717) is 17.5 Å². The molecule has 0 unspecified atom stereocenters. The maximum absolute atomic E-state index is 12.7. The molecule has 0 bridgehead atoms. The smallest absolute Gasteiger partial charge is 0.274 e. The summed E-state index contributed by atoms with van der Waals surface area (Å²) in [6.45, 7) is 1.85. The third-order valence-electron chi connectivity index (χ3n) is 3.88. The zero-order valence-corrected chi connectivity index (χ0v) is 13.1. The molecule has 0 aliphatic heterocycles. The molecule has 122 valence electrons. The lowest BCUT2D eigenvalue weighted by atomic mass is 10.0. The Balaban J connectivity index is 1.96. The molecule has 0 saturated heterocycles. The number of amides is 1. The molecule has 0 aliphatic carbocycles. The maximum Gasteiger partial charge on any atom is 0.274 e. The summed E-state index contributed by atoms with van der Waals surface area (Å²) in [4.78, 5) is 24.2. The summed E-state index contributed by atoms with van der Waals surface area (Å²) in [5, 5.41) is 11.8. The average molecular weight is 323 g/mol. The fraction of sp³-hybridized carbons (Fsp3) is 0.111. The van der Waals surface area contributed by atoms with E-state index in [2.05, 4.69) is 5.10 Å². The number of H-pyrrole nitrogens is 1. The highest BCUT2D eigenvalue weighted by atomic mass is 16.5. The first-order chi connectivity index (χ1) is 11.6. The molecule has 0 saturated carbocycles. The van der Waals surface area contributed by atoms with Crippen molar-refractivity contribution in [1.82, 2.24) is 15.3 Å². The van der Waals surface area contributed by atoms with Crippen LogP contribution in [-0.2, 0) is 6.42 Å². The van der Waals surface area contributed by atoms with Gasteiger partial charge in [0, 0.05) is 23.2 Å². The highest BCUT2D eigenvalue weighted by Gasteiger charge is 2.13. The maximum atomic E-state index is 12.7. The first-order valence-electron chi connectivity index (χ1n) is 7.49. The van der Waals surface area contributed by atoms with Crippen LogP contribution >= 0.6 is 0 Å². The van der Waals surface area contributed by atoms with Crippen LogP contribution in [0.5, 0.6) is 0 Å². The lowest BCUT2D eigenvalue weighted by Crippen LogP contribution is -2.19. The van der Waals surface area contributed by atoms with Gasteiger partial charge in [0.1, 0.15) is 0 Å². The number of hydrogen-bond acceptors (Lipinski definition) is 3. The average Bonchev–Trinajstić information content (AvgIpc) is 2.90. The molecule has 0 fully saturated rings. The first kappa shape index (κ1) is 15.8. The van der Waals surface area contributed by atoms with Gasteiger partial charge in [-0.1, -0.05) is 30.3 Å². The van der Waals surface area contributed by atoms with Gasteiger partial charge in [-0.15, -0.1) is 0 Å². The summed E-state index contributed by atoms with van der Waals surface area (Å²) in [5.74, 6) is -0.579. The second kappa shape index (κ2) is 6.55. The van der Waals surface area contributed by atoms with Gasteiger partial charge in [0.2, 0.25) is 0 Å². The number of nitrogens with zero attached hydrogens (tertiary/aromatic N) is 1. The van der Waals surface area contributed by atoms with Gasteiger partial charge in [0.05, 0.1) is 5.69 Å². The number of hydrogen-bond donors (Lipinski definition) is 3. The van der Waals surface area contributed by atoms with Gasteiger partial charge >= 0.3 is 0 Å². The lowest BCUT2D eigenvalue weighted by molar-refractivity contribution is 0.0706. The molecule has 1 aromatic heterocycles. The first-order valence-corrected chi connectivity index (χ1v) is 7.49. The van der Waals surface area contributed by atoms with Crippen LogP contribution in [0.25, 0.3) is 5.69 Å². The second-order valence-corrected chi connectivity index (χ2v) is 5.51. The quantitative estimate of drug-likeness (QED) is 0.508. The Morgan fingerprint density at radius 3 is 2.62 bits per heavy atom. The van der Waals surface area contributed by atoms with E-state index in [-0.39, 0.29) is 5.56 Å². The topological polar surface area (TPSA) is 87.1 Å². The number of carbonyl (C=O) groups is 1. The van der Waals surface area contributed by atoms with E-state index < -0.39 is 5.91 Å². The Kier molecular flexibility index (Phi) is 4.31. The Hall–Kier alpha value is -3.12. The summed E-state index contributed by atoms with van der Waals surface area (Å²) in [7, 11) is 0. The fourth-order valence-corrected chi connectivity index (χ4v) is 2.64. The van der Waals surface area contributed by atoms with Crippen LogP contribution in [0.15, 0.2) is 59.4 Å². The zero-order chi connectivity index (χ0) is 17.1. The summed E-state index contributed by atoms with van der Waals surface area (Å²) in [6.07, 6.45) is 0.396. The van der Waals surface area contributed by atoms with Gasteiger partial charge in [-0.3, -0.25) is 19.9 Å². The predicted octanol–water partition coefficient (Wildman–Crippen LogP) is 2.18. The van der Waals surface area contributed by atoms with E-state index in [4.69, 9.17) is 5.21 Å². The van der Waals surface area contributed by atoms with Crippen molar-refractivity contribution in [3.63, 3.8) is 0 Å². The molecular formula is C18H17N3O3. The van der Waals surface area contributed by atoms with Crippen LogP contribution in [0.3, 0.4) is 0 Å². The summed E-state index contributed by atoms with van der Waals surface area (Å²) in [6, 6.07) is 16.2. The molecule has 0 radical (unpaired) electrons. The van der Waals surface area contributed by atoms with Crippen molar-refractivity contribution >= 4 is 5.91 Å². The van der Waals surface area contributed by atoms with Crippen molar-refractivity contribution in [3.8, 4) is 5.69 Å². The molecule has 6 heteroatoms. The standard InChI is InChI=1S/C18H17N3O3/c1-12-16(11-13-6-5-7-14(10-13)17(22)20-24)18(23)21(19-12)15-8-3-2-4-9-15/h2-10,19,24H,11H2,1H3,(H,20,22). The van der Waals surface area contributed by atoms with E-state index in [1.54, 1.807) is 23.7 Å². The van der Waals surface area contributed by atoms with E-state index >= 15 is 0 Å². The molecule has 0 aliphatic rings. The van der Waals surface area contributed by atoms with Crippen molar-refractivity contribution in [3.05, 3.63) is 87.3 Å². The highest BCUT2D eigenvalue weighted by Crippen LogP contribution is 2.13. The van der Waals surface area contributed by atoms with E-state index in [1.807, 2.05) is 43.3 Å². The van der Waals surface area contributed by atoms with Crippen LogP contribution < -0.4 is 11.0 Å². The molecule has 1 heterocycles. The monoisotopic (exact) mass is 323 g/mol. The number of carbonyl (C=O) groups excluding carboxylic acids is 1. The number of rotatable bonds is 4. The molecule has 24 heavy (non-hydrogen) atoms. The number of aromatic nitrogens is 2. The Morgan fingerprint density at radius 2 is 1.92 bits per heavy atom. The summed E-state index contributed by atoms with van der Waals surface area (Å²) < 4.78 is 1.51. The van der Waals surface area contributed by atoms with E-state index in [0.717, 1.165) is 16.9 Å². The van der Waals surface area contributed by atoms with Gasteiger partial charge in [-0.25, -0.2) is 10.2 Å². The van der Waals surface area contributed by atoms with Crippen LogP contribution in [0.2, 0.25) is 0 Å². The third kappa shape index (κ3) is 3.00. The van der Waals surface area contributed by atoms with Crippen LogP contribution in [0.4, 0.5) is 0 Å². The molecule has 2 aromatic carbocycles. The van der Waals surface area contributed by atoms with Gasteiger partial charge < -0.3 is 0 Å². The van der Waals surface area contributed by atoms with Crippen molar-refractivity contribution < 1.29 is 10.0 Å². The molecule has 0 atom stereocenters.